The fourth-order valence-electron chi connectivity index (χ4n) is 1.98. The van der Waals surface area contributed by atoms with Crippen molar-refractivity contribution in [1.82, 2.24) is 0 Å². The molecular formula is C18H19NO3. The van der Waals surface area contributed by atoms with Crippen LogP contribution in [0.2, 0.25) is 0 Å². The second-order valence-electron chi connectivity index (χ2n) is 4.93. The molecule has 2 aromatic carbocycles. The van der Waals surface area contributed by atoms with Crippen molar-refractivity contribution in [2.24, 2.45) is 0 Å². The summed E-state index contributed by atoms with van der Waals surface area (Å²) in [6, 6.07) is 14.0. The topological polar surface area (TPSA) is 55.4 Å². The third kappa shape index (κ3) is 3.95. The number of amides is 1. The molecule has 1 amide bonds. The molecule has 0 saturated carbocycles. The third-order valence-corrected chi connectivity index (χ3v) is 3.14. The van der Waals surface area contributed by atoms with Gasteiger partial charge in [-0.1, -0.05) is 19.1 Å². The Labute approximate surface area is 130 Å². The van der Waals surface area contributed by atoms with E-state index >= 15 is 0 Å². The average molecular weight is 297 g/mol. The van der Waals surface area contributed by atoms with E-state index in [1.54, 1.807) is 42.5 Å². The Morgan fingerprint density at radius 1 is 1.05 bits per heavy atom. The molecule has 0 spiro atoms. The number of carbonyl (C=O) groups is 2. The number of ether oxygens (including phenoxy) is 1. The number of nitrogens with one attached hydrogen (secondary N) is 1. The van der Waals surface area contributed by atoms with Crippen LogP contribution in [-0.2, 0) is 0 Å². The normalized spacial score (nSPS) is 10.1. The number of carbonyl (C=O) groups excluding carboxylic acids is 2. The van der Waals surface area contributed by atoms with E-state index in [-0.39, 0.29) is 11.7 Å². The highest BCUT2D eigenvalue weighted by Crippen LogP contribution is 2.20. The van der Waals surface area contributed by atoms with E-state index in [9.17, 15) is 9.59 Å². The average Bonchev–Trinajstić information content (AvgIpc) is 2.53. The number of ketones is 1. The largest absolute Gasteiger partial charge is 0.493 e. The fourth-order valence-corrected chi connectivity index (χ4v) is 1.98. The van der Waals surface area contributed by atoms with Crippen molar-refractivity contribution in [1.29, 1.82) is 0 Å². The van der Waals surface area contributed by atoms with Gasteiger partial charge in [0.25, 0.3) is 5.91 Å². The zero-order valence-electron chi connectivity index (χ0n) is 12.8. The summed E-state index contributed by atoms with van der Waals surface area (Å²) in [7, 11) is 0. The van der Waals surface area contributed by atoms with E-state index in [1.165, 1.54) is 6.92 Å². The van der Waals surface area contributed by atoms with E-state index in [2.05, 4.69) is 5.32 Å². The first-order valence-corrected chi connectivity index (χ1v) is 7.26. The smallest absolute Gasteiger partial charge is 0.259 e. The van der Waals surface area contributed by atoms with Gasteiger partial charge in [-0.15, -0.1) is 0 Å². The number of Topliss-reactive ketones (excluding diaryl/α,β-unsaturated/α-hetero) is 1. The highest BCUT2D eigenvalue weighted by Gasteiger charge is 2.12. The summed E-state index contributed by atoms with van der Waals surface area (Å²) in [5.74, 6) is 0.334. The van der Waals surface area contributed by atoms with Crippen LogP contribution in [0.15, 0.2) is 48.5 Å². The van der Waals surface area contributed by atoms with Gasteiger partial charge < -0.3 is 10.1 Å². The maximum atomic E-state index is 12.4. The van der Waals surface area contributed by atoms with Crippen molar-refractivity contribution >= 4 is 17.4 Å². The number of para-hydroxylation sites is 1. The van der Waals surface area contributed by atoms with Gasteiger partial charge in [-0.3, -0.25) is 9.59 Å². The van der Waals surface area contributed by atoms with E-state index in [0.717, 1.165) is 6.42 Å². The molecule has 4 heteroatoms. The van der Waals surface area contributed by atoms with Crippen molar-refractivity contribution < 1.29 is 14.3 Å². The summed E-state index contributed by atoms with van der Waals surface area (Å²) < 4.78 is 5.59. The predicted molar refractivity (Wildman–Crippen MR) is 86.6 cm³/mol. The Hall–Kier alpha value is -2.62. The maximum Gasteiger partial charge on any atom is 0.259 e. The standard InChI is InChI=1S/C18H19NO3/c1-3-12-22-17-7-5-4-6-16(17)18(21)19-15-10-8-14(9-11-15)13(2)20/h4-11H,3,12H2,1-2H3,(H,19,21). The second-order valence-corrected chi connectivity index (χ2v) is 4.93. The third-order valence-electron chi connectivity index (χ3n) is 3.14. The predicted octanol–water partition coefficient (Wildman–Crippen LogP) is 3.93. The molecule has 2 rings (SSSR count). The number of hydrogen-bond acceptors (Lipinski definition) is 3. The van der Waals surface area contributed by atoms with Crippen LogP contribution in [0.4, 0.5) is 5.69 Å². The van der Waals surface area contributed by atoms with Crippen molar-refractivity contribution in [3.8, 4) is 5.75 Å². The first-order valence-electron chi connectivity index (χ1n) is 7.26. The molecule has 4 nitrogen and oxygen atoms in total. The van der Waals surface area contributed by atoms with Gasteiger partial charge in [0.1, 0.15) is 5.75 Å². The van der Waals surface area contributed by atoms with Gasteiger partial charge in [0.05, 0.1) is 12.2 Å². The molecule has 114 valence electrons. The Morgan fingerprint density at radius 3 is 2.36 bits per heavy atom. The Balaban J connectivity index is 2.13. The van der Waals surface area contributed by atoms with Crippen LogP contribution in [0, 0.1) is 0 Å². The van der Waals surface area contributed by atoms with E-state index in [0.29, 0.717) is 29.2 Å². The van der Waals surface area contributed by atoms with E-state index < -0.39 is 0 Å². The lowest BCUT2D eigenvalue weighted by atomic mass is 10.1. The molecule has 0 aliphatic heterocycles. The molecule has 22 heavy (non-hydrogen) atoms. The Kier molecular flexibility index (Phi) is 5.31. The number of rotatable bonds is 6. The molecule has 0 bridgehead atoms. The first-order chi connectivity index (χ1) is 10.6. The second kappa shape index (κ2) is 7.41. The maximum absolute atomic E-state index is 12.4. The van der Waals surface area contributed by atoms with Gasteiger partial charge in [-0.05, 0) is 49.7 Å². The molecule has 0 heterocycles. The van der Waals surface area contributed by atoms with Gasteiger partial charge in [0.2, 0.25) is 0 Å². The van der Waals surface area contributed by atoms with Gasteiger partial charge in [0.15, 0.2) is 5.78 Å². The molecular weight excluding hydrogens is 278 g/mol. The van der Waals surface area contributed by atoms with Crippen LogP contribution < -0.4 is 10.1 Å². The lowest BCUT2D eigenvalue weighted by Crippen LogP contribution is -2.14. The molecule has 0 aliphatic carbocycles. The summed E-state index contributed by atoms with van der Waals surface area (Å²) in [5, 5.41) is 2.81. The highest BCUT2D eigenvalue weighted by molar-refractivity contribution is 6.06. The molecule has 1 N–H and O–H groups in total. The van der Waals surface area contributed by atoms with Crippen molar-refractivity contribution in [2.75, 3.05) is 11.9 Å². The van der Waals surface area contributed by atoms with Crippen LogP contribution in [0.5, 0.6) is 5.75 Å². The summed E-state index contributed by atoms with van der Waals surface area (Å²) in [4.78, 5) is 23.6. The van der Waals surface area contributed by atoms with Gasteiger partial charge in [0, 0.05) is 11.3 Å². The van der Waals surface area contributed by atoms with Crippen LogP contribution in [0.25, 0.3) is 0 Å². The van der Waals surface area contributed by atoms with Crippen LogP contribution in [-0.4, -0.2) is 18.3 Å². The quantitative estimate of drug-likeness (QED) is 0.822. The highest BCUT2D eigenvalue weighted by atomic mass is 16.5. The van der Waals surface area contributed by atoms with E-state index in [1.807, 2.05) is 13.0 Å². The van der Waals surface area contributed by atoms with Crippen LogP contribution >= 0.6 is 0 Å². The lowest BCUT2D eigenvalue weighted by Gasteiger charge is -2.11. The van der Waals surface area contributed by atoms with Gasteiger partial charge >= 0.3 is 0 Å². The number of hydrogen-bond donors (Lipinski definition) is 1. The summed E-state index contributed by atoms with van der Waals surface area (Å²) >= 11 is 0. The minimum Gasteiger partial charge on any atom is -0.493 e. The Bertz CT molecular complexity index is 662. The van der Waals surface area contributed by atoms with Crippen molar-refractivity contribution in [3.05, 3.63) is 59.7 Å². The zero-order chi connectivity index (χ0) is 15.9. The number of anilines is 1. The minimum atomic E-state index is -0.234. The molecule has 0 radical (unpaired) electrons. The monoisotopic (exact) mass is 297 g/mol. The molecule has 0 saturated heterocycles. The Morgan fingerprint density at radius 2 is 1.73 bits per heavy atom. The van der Waals surface area contributed by atoms with Crippen molar-refractivity contribution in [2.45, 2.75) is 20.3 Å². The fraction of sp³-hybridized carbons (Fsp3) is 0.222. The lowest BCUT2D eigenvalue weighted by molar-refractivity contribution is 0.101. The summed E-state index contributed by atoms with van der Waals surface area (Å²) in [6.07, 6.45) is 0.877. The SMILES string of the molecule is CCCOc1ccccc1C(=O)Nc1ccc(C(C)=O)cc1. The molecule has 2 aromatic rings. The van der Waals surface area contributed by atoms with Crippen LogP contribution in [0.3, 0.4) is 0 Å². The first kappa shape index (κ1) is 15.8. The van der Waals surface area contributed by atoms with Gasteiger partial charge in [-0.2, -0.15) is 0 Å². The summed E-state index contributed by atoms with van der Waals surface area (Å²) in [5.41, 5.74) is 1.75. The zero-order valence-corrected chi connectivity index (χ0v) is 12.8. The number of benzene rings is 2. The minimum absolute atomic E-state index is 0.00353. The van der Waals surface area contributed by atoms with Crippen molar-refractivity contribution in [3.63, 3.8) is 0 Å². The summed E-state index contributed by atoms with van der Waals surface area (Å²) in [6.45, 7) is 4.09. The molecule has 0 fully saturated rings. The van der Waals surface area contributed by atoms with E-state index in [4.69, 9.17) is 4.74 Å². The molecule has 0 unspecified atom stereocenters. The molecule has 0 atom stereocenters. The molecule has 0 aliphatic rings. The van der Waals surface area contributed by atoms with Gasteiger partial charge in [-0.25, -0.2) is 0 Å². The molecule has 0 aromatic heterocycles. The van der Waals surface area contributed by atoms with Crippen LogP contribution in [0.1, 0.15) is 41.0 Å².